The van der Waals surface area contributed by atoms with Crippen molar-refractivity contribution in [2.75, 3.05) is 6.54 Å². The Balaban J connectivity index is 1.67. The van der Waals surface area contributed by atoms with Gasteiger partial charge in [-0.3, -0.25) is 0 Å². The number of benzene rings is 4. The van der Waals surface area contributed by atoms with Crippen molar-refractivity contribution in [1.82, 2.24) is 5.32 Å². The monoisotopic (exact) mass is 508 g/mol. The Morgan fingerprint density at radius 1 is 0.718 bits per heavy atom. The van der Waals surface area contributed by atoms with Gasteiger partial charge in [0.2, 0.25) is 0 Å². The molecule has 0 saturated heterocycles. The fraction of sp³-hybridized carbons (Fsp3) is 0.229. The number of rotatable bonds is 9. The predicted octanol–water partition coefficient (Wildman–Crippen LogP) is 7.61. The largest absolute Gasteiger partial charge is 0.308 e. The van der Waals surface area contributed by atoms with Gasteiger partial charge < -0.3 is 5.32 Å². The van der Waals surface area contributed by atoms with E-state index in [0.717, 1.165) is 28.7 Å². The van der Waals surface area contributed by atoms with Gasteiger partial charge in [-0.05, 0) is 85.3 Å². The molecule has 0 radical (unpaired) electrons. The minimum atomic E-state index is -0.684. The van der Waals surface area contributed by atoms with E-state index >= 15 is 0 Å². The first-order valence-corrected chi connectivity index (χ1v) is 13.1. The highest BCUT2D eigenvalue weighted by Gasteiger charge is 2.31. The number of nitrogens with one attached hydrogen (secondary N) is 1. The summed E-state index contributed by atoms with van der Waals surface area (Å²) in [6, 6.07) is 38.9. The number of hydrogen-bond acceptors (Lipinski definition) is 4. The molecule has 0 spiro atoms. The van der Waals surface area contributed by atoms with Crippen LogP contribution in [0.5, 0.6) is 0 Å². The molecule has 4 rings (SSSR count). The van der Waals surface area contributed by atoms with Crippen molar-refractivity contribution in [2.45, 2.75) is 39.2 Å². The third-order valence-electron chi connectivity index (χ3n) is 7.21. The molecule has 0 fully saturated rings. The highest BCUT2D eigenvalue weighted by atomic mass is 14.9. The van der Waals surface area contributed by atoms with Gasteiger partial charge in [0.05, 0.1) is 40.8 Å². The number of nitriles is 3. The molecule has 39 heavy (non-hydrogen) atoms. The zero-order valence-electron chi connectivity index (χ0n) is 22.6. The van der Waals surface area contributed by atoms with E-state index in [1.165, 1.54) is 11.1 Å². The zero-order valence-corrected chi connectivity index (χ0v) is 22.6. The Labute approximate surface area is 231 Å². The zero-order chi connectivity index (χ0) is 27.8. The van der Waals surface area contributed by atoms with Gasteiger partial charge in [-0.1, -0.05) is 72.3 Å². The van der Waals surface area contributed by atoms with Crippen LogP contribution in [0.25, 0.3) is 11.1 Å². The van der Waals surface area contributed by atoms with Crippen molar-refractivity contribution >= 4 is 0 Å². The van der Waals surface area contributed by atoms with Gasteiger partial charge in [-0.25, -0.2) is 0 Å². The molecule has 2 unspecified atom stereocenters. The highest BCUT2D eigenvalue weighted by Crippen LogP contribution is 2.35. The maximum atomic E-state index is 10.1. The van der Waals surface area contributed by atoms with Crippen LogP contribution in [0.4, 0.5) is 0 Å². The van der Waals surface area contributed by atoms with Crippen LogP contribution in [0, 0.1) is 46.3 Å². The number of hydrogen-bond donors (Lipinski definition) is 1. The van der Waals surface area contributed by atoms with E-state index < -0.39 is 5.41 Å². The van der Waals surface area contributed by atoms with Crippen molar-refractivity contribution < 1.29 is 0 Å². The van der Waals surface area contributed by atoms with Crippen LogP contribution >= 0.6 is 0 Å². The molecule has 4 aromatic carbocycles. The lowest BCUT2D eigenvalue weighted by Gasteiger charge is -2.32. The SMILES string of the molecule is Cc1ccc(CC(CNC(c2cccc(-c3cccc(C#N)c3)c2)C(C)(C)C#N)c2cccc(C#N)c2)cc1. The molecular weight excluding hydrogens is 476 g/mol. The second-order valence-electron chi connectivity index (χ2n) is 10.6. The summed E-state index contributed by atoms with van der Waals surface area (Å²) in [5.41, 5.74) is 7.10. The summed E-state index contributed by atoms with van der Waals surface area (Å²) in [6.07, 6.45) is 0.808. The first-order valence-electron chi connectivity index (χ1n) is 13.1. The lowest BCUT2D eigenvalue weighted by Crippen LogP contribution is -2.36. The molecule has 0 saturated carbocycles. The summed E-state index contributed by atoms with van der Waals surface area (Å²) in [7, 11) is 0. The summed E-state index contributed by atoms with van der Waals surface area (Å²) >= 11 is 0. The van der Waals surface area contributed by atoms with Crippen molar-refractivity contribution in [3.8, 4) is 29.3 Å². The Morgan fingerprint density at radius 3 is 1.97 bits per heavy atom. The first-order chi connectivity index (χ1) is 18.8. The average Bonchev–Trinajstić information content (AvgIpc) is 2.97. The molecule has 0 aromatic heterocycles. The van der Waals surface area contributed by atoms with E-state index in [1.807, 2.05) is 62.4 Å². The topological polar surface area (TPSA) is 83.4 Å². The second kappa shape index (κ2) is 12.2. The average molecular weight is 509 g/mol. The molecule has 0 heterocycles. The van der Waals surface area contributed by atoms with E-state index in [2.05, 4.69) is 72.9 Å². The number of nitrogens with zero attached hydrogens (tertiary/aromatic N) is 3. The molecule has 2 atom stereocenters. The van der Waals surface area contributed by atoms with Gasteiger partial charge in [0.1, 0.15) is 0 Å². The molecule has 1 N–H and O–H groups in total. The van der Waals surface area contributed by atoms with Gasteiger partial charge in [-0.15, -0.1) is 0 Å². The van der Waals surface area contributed by atoms with Gasteiger partial charge in [-0.2, -0.15) is 15.8 Å². The molecule has 0 aliphatic rings. The van der Waals surface area contributed by atoms with Gasteiger partial charge >= 0.3 is 0 Å². The lowest BCUT2D eigenvalue weighted by molar-refractivity contribution is 0.317. The van der Waals surface area contributed by atoms with Gasteiger partial charge in [0.15, 0.2) is 0 Å². The quantitative estimate of drug-likeness (QED) is 0.252. The molecule has 0 bridgehead atoms. The molecule has 4 aromatic rings. The third-order valence-corrected chi connectivity index (χ3v) is 7.21. The van der Waals surface area contributed by atoms with Gasteiger partial charge in [0.25, 0.3) is 0 Å². The maximum absolute atomic E-state index is 10.1. The van der Waals surface area contributed by atoms with Crippen LogP contribution in [-0.2, 0) is 6.42 Å². The van der Waals surface area contributed by atoms with Crippen molar-refractivity contribution in [1.29, 1.82) is 15.8 Å². The molecule has 0 aliphatic carbocycles. The summed E-state index contributed by atoms with van der Waals surface area (Å²) in [5, 5.41) is 32.7. The van der Waals surface area contributed by atoms with Crippen LogP contribution in [0.1, 0.15) is 59.2 Å². The Kier molecular flexibility index (Phi) is 8.58. The van der Waals surface area contributed by atoms with Crippen LogP contribution in [0.3, 0.4) is 0 Å². The Bertz CT molecular complexity index is 1560. The standard InChI is InChI=1S/C35H32N4/c1-25-13-15-26(16-14-25)17-33(30-10-5-8-28(19-30)22-37)23-39-34(35(2,3)24-38)32-12-6-11-31(20-32)29-9-4-7-27(18-29)21-36/h4-16,18-20,33-34,39H,17,23H2,1-3H3. The van der Waals surface area contributed by atoms with Crippen LogP contribution < -0.4 is 5.32 Å². The third kappa shape index (κ3) is 6.80. The Morgan fingerprint density at radius 2 is 1.31 bits per heavy atom. The minimum absolute atomic E-state index is 0.105. The van der Waals surface area contributed by atoms with Crippen molar-refractivity contribution in [3.63, 3.8) is 0 Å². The molecule has 4 nitrogen and oxygen atoms in total. The molecule has 0 aliphatic heterocycles. The van der Waals surface area contributed by atoms with E-state index in [0.29, 0.717) is 17.7 Å². The van der Waals surface area contributed by atoms with E-state index in [9.17, 15) is 15.8 Å². The van der Waals surface area contributed by atoms with E-state index in [4.69, 9.17) is 0 Å². The molecular formula is C35H32N4. The van der Waals surface area contributed by atoms with E-state index in [-0.39, 0.29) is 12.0 Å². The second-order valence-corrected chi connectivity index (χ2v) is 10.6. The molecule has 192 valence electrons. The van der Waals surface area contributed by atoms with Crippen LogP contribution in [-0.4, -0.2) is 6.54 Å². The fourth-order valence-electron chi connectivity index (χ4n) is 4.96. The van der Waals surface area contributed by atoms with E-state index in [1.54, 1.807) is 6.07 Å². The molecule has 0 amide bonds. The maximum Gasteiger partial charge on any atom is 0.0991 e. The van der Waals surface area contributed by atoms with Crippen LogP contribution in [0.15, 0.2) is 97.1 Å². The first kappa shape index (κ1) is 27.3. The fourth-order valence-corrected chi connectivity index (χ4v) is 4.96. The molecule has 4 heteroatoms. The minimum Gasteiger partial charge on any atom is -0.308 e. The van der Waals surface area contributed by atoms with Crippen molar-refractivity contribution in [3.05, 3.63) is 130 Å². The summed E-state index contributed by atoms with van der Waals surface area (Å²) in [6.45, 7) is 6.63. The normalized spacial score (nSPS) is 12.5. The number of aryl methyl sites for hydroxylation is 1. The highest BCUT2D eigenvalue weighted by molar-refractivity contribution is 5.66. The summed E-state index contributed by atoms with van der Waals surface area (Å²) in [5.74, 6) is 0.105. The Hall–Kier alpha value is -4.69. The van der Waals surface area contributed by atoms with Crippen molar-refractivity contribution in [2.24, 2.45) is 5.41 Å². The lowest BCUT2D eigenvalue weighted by atomic mass is 9.80. The smallest absolute Gasteiger partial charge is 0.0991 e. The summed E-state index contributed by atoms with van der Waals surface area (Å²) in [4.78, 5) is 0. The van der Waals surface area contributed by atoms with Gasteiger partial charge in [0, 0.05) is 12.5 Å². The van der Waals surface area contributed by atoms with Crippen LogP contribution in [0.2, 0.25) is 0 Å². The summed E-state index contributed by atoms with van der Waals surface area (Å²) < 4.78 is 0. The predicted molar refractivity (Wildman–Crippen MR) is 156 cm³/mol.